The van der Waals surface area contributed by atoms with Gasteiger partial charge >= 0.3 is 0 Å². The van der Waals surface area contributed by atoms with E-state index >= 15 is 0 Å². The highest BCUT2D eigenvalue weighted by Gasteiger charge is 2.21. The molecule has 0 radical (unpaired) electrons. The van der Waals surface area contributed by atoms with Gasteiger partial charge in [-0.05, 0) is 60.7 Å². The van der Waals surface area contributed by atoms with E-state index in [2.05, 4.69) is 15.3 Å². The van der Waals surface area contributed by atoms with Crippen molar-refractivity contribution in [2.75, 3.05) is 11.1 Å². The van der Waals surface area contributed by atoms with Crippen LogP contribution in [0.15, 0.2) is 88.7 Å². The highest BCUT2D eigenvalue weighted by molar-refractivity contribution is 7.92. The third-order valence-corrected chi connectivity index (χ3v) is 8.04. The van der Waals surface area contributed by atoms with E-state index in [0.29, 0.717) is 32.6 Å². The Morgan fingerprint density at radius 2 is 1.86 bits per heavy atom. The number of pyridine rings is 1. The van der Waals surface area contributed by atoms with E-state index < -0.39 is 21.5 Å². The van der Waals surface area contributed by atoms with E-state index in [1.807, 2.05) is 6.07 Å². The van der Waals surface area contributed by atoms with Crippen molar-refractivity contribution in [2.45, 2.75) is 4.90 Å². The molecule has 0 fully saturated rings. The number of nitrogens with zero attached hydrogens (tertiary/aromatic N) is 2. The fourth-order valence-electron chi connectivity index (χ4n) is 3.54. The number of fused-ring (bicyclic) bond motifs is 1. The molecule has 2 aromatic carbocycles. The number of benzene rings is 2. The Balaban J connectivity index is 1.30. The van der Waals surface area contributed by atoms with Crippen molar-refractivity contribution in [1.82, 2.24) is 14.5 Å². The molecule has 3 heterocycles. The van der Waals surface area contributed by atoms with Crippen LogP contribution in [0.25, 0.3) is 27.4 Å². The molecule has 5 aromatic rings. The van der Waals surface area contributed by atoms with Crippen LogP contribution in [0.3, 0.4) is 0 Å². The Morgan fingerprint density at radius 3 is 2.57 bits per heavy atom. The first-order valence-corrected chi connectivity index (χ1v) is 13.2. The molecule has 0 atom stereocenters. The fraction of sp³-hybridized carbons (Fsp3) is 0.0417. The highest BCUT2D eigenvalue weighted by atomic mass is 35.5. The molecule has 0 aliphatic rings. The Labute approximate surface area is 208 Å². The second kappa shape index (κ2) is 9.14. The summed E-state index contributed by atoms with van der Waals surface area (Å²) in [4.78, 5) is 32.9. The van der Waals surface area contributed by atoms with Gasteiger partial charge in [0.25, 0.3) is 5.56 Å². The van der Waals surface area contributed by atoms with Crippen molar-refractivity contribution in [3.05, 3.63) is 93.7 Å². The molecule has 11 heteroatoms. The molecule has 5 rings (SSSR count). The maximum absolute atomic E-state index is 12.9. The monoisotopic (exact) mass is 524 g/mol. The van der Waals surface area contributed by atoms with Crippen LogP contribution in [-0.2, 0) is 14.6 Å². The number of hydrogen-bond donors (Lipinski definition) is 2. The molecule has 0 spiro atoms. The molecule has 35 heavy (non-hydrogen) atoms. The second-order valence-corrected chi connectivity index (χ2v) is 11.3. The smallest absolute Gasteiger partial charge is 0.255 e. The van der Waals surface area contributed by atoms with Gasteiger partial charge < -0.3 is 10.3 Å². The van der Waals surface area contributed by atoms with Crippen molar-refractivity contribution in [3.8, 4) is 16.4 Å². The number of aromatic amines is 1. The number of imidazole rings is 1. The maximum atomic E-state index is 12.9. The number of carbonyl (C=O) groups is 1. The molecule has 8 nitrogen and oxygen atoms in total. The summed E-state index contributed by atoms with van der Waals surface area (Å²) >= 11 is 7.35. The van der Waals surface area contributed by atoms with Crippen molar-refractivity contribution < 1.29 is 13.2 Å². The van der Waals surface area contributed by atoms with E-state index in [9.17, 15) is 18.0 Å². The number of sulfone groups is 1. The quantitative estimate of drug-likeness (QED) is 0.339. The predicted octanol–water partition coefficient (Wildman–Crippen LogP) is 4.51. The fourth-order valence-corrected chi connectivity index (χ4v) is 5.68. The van der Waals surface area contributed by atoms with Crippen LogP contribution in [0.4, 0.5) is 5.69 Å². The summed E-state index contributed by atoms with van der Waals surface area (Å²) in [5.74, 6) is -0.807. The number of halogens is 1. The minimum atomic E-state index is -3.90. The van der Waals surface area contributed by atoms with Crippen LogP contribution in [0.5, 0.6) is 0 Å². The second-order valence-electron chi connectivity index (χ2n) is 7.63. The van der Waals surface area contributed by atoms with Gasteiger partial charge in [-0.25, -0.2) is 13.4 Å². The van der Waals surface area contributed by atoms with Gasteiger partial charge in [-0.15, -0.1) is 11.3 Å². The van der Waals surface area contributed by atoms with Crippen LogP contribution in [-0.4, -0.2) is 34.6 Å². The van der Waals surface area contributed by atoms with E-state index in [0.717, 1.165) is 4.88 Å². The minimum absolute atomic E-state index is 0.0124. The van der Waals surface area contributed by atoms with Crippen LogP contribution in [0.2, 0.25) is 4.34 Å². The maximum Gasteiger partial charge on any atom is 0.255 e. The van der Waals surface area contributed by atoms with Crippen LogP contribution < -0.4 is 10.9 Å². The molecule has 1 amide bonds. The molecule has 0 saturated heterocycles. The molecular weight excluding hydrogens is 508 g/mol. The Morgan fingerprint density at radius 1 is 1.06 bits per heavy atom. The standard InChI is InChI=1S/C24H17ClN4O4S2/c25-21-11-10-20(34-21)24-27-18-9-8-17(13-19(18)28-24)35(32,33)14-22(30)26-15-4-6-16(7-5-15)29-12-2-1-3-23(29)31/h1-13H,14H2,(H,26,30)(H,27,28). The van der Waals surface area contributed by atoms with Crippen LogP contribution in [0, 0.1) is 0 Å². The van der Waals surface area contributed by atoms with Crippen molar-refractivity contribution in [2.24, 2.45) is 0 Å². The summed E-state index contributed by atoms with van der Waals surface area (Å²) in [5.41, 5.74) is 2.00. The number of anilines is 1. The van der Waals surface area contributed by atoms with Gasteiger partial charge in [0.2, 0.25) is 5.91 Å². The third-order valence-electron chi connectivity index (χ3n) is 5.19. The lowest BCUT2D eigenvalue weighted by molar-refractivity contribution is -0.113. The molecule has 2 N–H and O–H groups in total. The first-order valence-electron chi connectivity index (χ1n) is 10.3. The normalized spacial score (nSPS) is 11.6. The zero-order valence-electron chi connectivity index (χ0n) is 17.9. The Hall–Kier alpha value is -3.73. The molecule has 3 aromatic heterocycles. The molecule has 0 aliphatic carbocycles. The number of carbonyl (C=O) groups excluding carboxylic acids is 1. The predicted molar refractivity (Wildman–Crippen MR) is 137 cm³/mol. The van der Waals surface area contributed by atoms with E-state index in [-0.39, 0.29) is 10.5 Å². The summed E-state index contributed by atoms with van der Waals surface area (Å²) in [6.45, 7) is 0. The molecular formula is C24H17ClN4O4S2. The van der Waals surface area contributed by atoms with Crippen molar-refractivity contribution in [3.63, 3.8) is 0 Å². The molecule has 176 valence electrons. The third kappa shape index (κ3) is 4.90. The van der Waals surface area contributed by atoms with Gasteiger partial charge in [0.1, 0.15) is 11.6 Å². The summed E-state index contributed by atoms with van der Waals surface area (Å²) in [6.07, 6.45) is 1.64. The number of hydrogen-bond acceptors (Lipinski definition) is 6. The Bertz CT molecular complexity index is 1720. The van der Waals surface area contributed by atoms with Crippen molar-refractivity contribution >= 4 is 55.4 Å². The number of aromatic nitrogens is 3. The summed E-state index contributed by atoms with van der Waals surface area (Å²) in [5, 5.41) is 2.59. The topological polar surface area (TPSA) is 114 Å². The Kier molecular flexibility index (Phi) is 6.01. The molecule has 0 saturated carbocycles. The largest absolute Gasteiger partial charge is 0.337 e. The van der Waals surface area contributed by atoms with Crippen molar-refractivity contribution in [1.29, 1.82) is 0 Å². The number of H-pyrrole nitrogens is 1. The summed E-state index contributed by atoms with van der Waals surface area (Å²) in [7, 11) is -3.90. The highest BCUT2D eigenvalue weighted by Crippen LogP contribution is 2.31. The van der Waals surface area contributed by atoms with Crippen LogP contribution in [0.1, 0.15) is 0 Å². The van der Waals surface area contributed by atoms with Gasteiger partial charge in [0.15, 0.2) is 9.84 Å². The zero-order chi connectivity index (χ0) is 24.6. The number of nitrogens with one attached hydrogen (secondary N) is 2. The lowest BCUT2D eigenvalue weighted by atomic mass is 10.2. The zero-order valence-corrected chi connectivity index (χ0v) is 20.3. The van der Waals surface area contributed by atoms with Gasteiger partial charge in [-0.1, -0.05) is 17.7 Å². The van der Waals surface area contributed by atoms with Gasteiger partial charge in [0, 0.05) is 23.6 Å². The number of rotatable bonds is 6. The summed E-state index contributed by atoms with van der Waals surface area (Å²) < 4.78 is 27.9. The summed E-state index contributed by atoms with van der Waals surface area (Å²) in [6, 6.07) is 19.5. The van der Waals surface area contributed by atoms with Crippen LogP contribution >= 0.6 is 22.9 Å². The number of thiophene rings is 1. The van der Waals surface area contributed by atoms with E-state index in [1.165, 1.54) is 34.1 Å². The first kappa shape index (κ1) is 23.0. The molecule has 0 aliphatic heterocycles. The lowest BCUT2D eigenvalue weighted by Gasteiger charge is -2.09. The van der Waals surface area contributed by atoms with Gasteiger partial charge in [-0.2, -0.15) is 0 Å². The number of amides is 1. The van der Waals surface area contributed by atoms with Gasteiger partial charge in [-0.3, -0.25) is 14.2 Å². The average Bonchev–Trinajstić information content (AvgIpc) is 3.45. The van der Waals surface area contributed by atoms with Gasteiger partial charge in [0.05, 0.1) is 25.1 Å². The van der Waals surface area contributed by atoms with E-state index in [1.54, 1.807) is 54.7 Å². The average molecular weight is 525 g/mol. The van der Waals surface area contributed by atoms with E-state index in [4.69, 9.17) is 11.6 Å². The lowest BCUT2D eigenvalue weighted by Crippen LogP contribution is -2.23. The first-order chi connectivity index (χ1) is 16.8. The SMILES string of the molecule is O=C(CS(=O)(=O)c1ccc2nc(-c3ccc(Cl)s3)[nH]c2c1)Nc1ccc(-n2ccccc2=O)cc1. The molecule has 0 unspecified atom stereocenters. The molecule has 0 bridgehead atoms. The minimum Gasteiger partial charge on any atom is -0.337 e.